The summed E-state index contributed by atoms with van der Waals surface area (Å²) in [4.78, 5) is 0. The van der Waals surface area contributed by atoms with Crippen molar-refractivity contribution in [1.29, 1.82) is 0 Å². The van der Waals surface area contributed by atoms with Crippen molar-refractivity contribution in [3.63, 3.8) is 0 Å². The Balaban J connectivity index is 3.05. The Morgan fingerprint density at radius 1 is 1.44 bits per heavy atom. The SMILES string of the molecule is [2H]C([2H])([2H])OC1C(OC([2H])([2H])[2H])C([2H])([2H])NC1([2H])[2H]. The molecule has 9 heavy (non-hydrogen) atoms. The summed E-state index contributed by atoms with van der Waals surface area (Å²) in [5.74, 6) is 0. The molecule has 2 atom stereocenters. The van der Waals surface area contributed by atoms with Crippen LogP contribution in [0.25, 0.3) is 0 Å². The van der Waals surface area contributed by atoms with Gasteiger partial charge in [-0.05, 0) is 0 Å². The fraction of sp³-hybridized carbons (Fsp3) is 1.00. The third kappa shape index (κ3) is 1.41. The lowest BCUT2D eigenvalue weighted by Crippen LogP contribution is -2.27. The molecule has 0 aromatic heterocycles. The van der Waals surface area contributed by atoms with Gasteiger partial charge in [-0.15, -0.1) is 0 Å². The first-order valence-electron chi connectivity index (χ1n) is 7.29. The molecule has 1 saturated heterocycles. The monoisotopic (exact) mass is 141 g/mol. The molecule has 1 N–H and O–H groups in total. The van der Waals surface area contributed by atoms with E-state index in [1.807, 2.05) is 5.32 Å². The lowest BCUT2D eigenvalue weighted by Gasteiger charge is -2.14. The van der Waals surface area contributed by atoms with Gasteiger partial charge in [0.15, 0.2) is 0 Å². The van der Waals surface area contributed by atoms with Gasteiger partial charge in [0.1, 0.15) is 0 Å². The molecule has 0 bridgehead atoms. The zero-order chi connectivity index (χ0) is 15.3. The minimum atomic E-state index is -3.02. The van der Waals surface area contributed by atoms with Crippen molar-refractivity contribution in [1.82, 2.24) is 5.32 Å². The highest BCUT2D eigenvalue weighted by Crippen LogP contribution is 2.05. The van der Waals surface area contributed by atoms with Gasteiger partial charge in [-0.1, -0.05) is 0 Å². The Labute approximate surface area is 69.4 Å². The van der Waals surface area contributed by atoms with E-state index in [2.05, 4.69) is 9.47 Å². The van der Waals surface area contributed by atoms with Crippen LogP contribution in [-0.4, -0.2) is 39.3 Å². The maximum atomic E-state index is 7.49. The van der Waals surface area contributed by atoms with Crippen molar-refractivity contribution in [2.75, 3.05) is 27.1 Å². The van der Waals surface area contributed by atoms with E-state index in [9.17, 15) is 0 Å². The van der Waals surface area contributed by atoms with Gasteiger partial charge < -0.3 is 14.8 Å². The smallest absolute Gasteiger partial charge is 0.0969 e. The van der Waals surface area contributed by atoms with E-state index in [1.54, 1.807) is 0 Å². The second-order valence-corrected chi connectivity index (χ2v) is 1.49. The average molecular weight is 141 g/mol. The Bertz CT molecular complexity index is 304. The number of methoxy groups -OCH3 is 2. The predicted octanol–water partition coefficient (Wildman–Crippen LogP) is -0.380. The number of hydrogen-bond donors (Lipinski definition) is 1. The molecule has 0 spiro atoms. The van der Waals surface area contributed by atoms with Crippen molar-refractivity contribution in [2.45, 2.75) is 12.2 Å². The molecule has 1 aliphatic rings. The van der Waals surface area contributed by atoms with E-state index in [-0.39, 0.29) is 0 Å². The van der Waals surface area contributed by atoms with Gasteiger partial charge in [0.05, 0.1) is 20.4 Å². The fourth-order valence-corrected chi connectivity index (χ4v) is 0.518. The van der Waals surface area contributed by atoms with Crippen LogP contribution >= 0.6 is 0 Å². The first-order valence-corrected chi connectivity index (χ1v) is 2.29. The summed E-state index contributed by atoms with van der Waals surface area (Å²) in [5, 5.41) is 1.83. The molecule has 1 rings (SSSR count). The molecule has 0 aliphatic carbocycles. The van der Waals surface area contributed by atoms with Crippen molar-refractivity contribution in [3.8, 4) is 0 Å². The zero-order valence-corrected chi connectivity index (χ0v) is 4.47. The summed E-state index contributed by atoms with van der Waals surface area (Å²) < 4.78 is 80.4. The third-order valence-corrected chi connectivity index (χ3v) is 0.958. The average Bonchev–Trinajstić information content (AvgIpc) is 2.18. The van der Waals surface area contributed by atoms with Crippen LogP contribution in [0.2, 0.25) is 0 Å². The van der Waals surface area contributed by atoms with E-state index >= 15 is 0 Å². The maximum Gasteiger partial charge on any atom is 0.0969 e. The number of hydrogen-bond acceptors (Lipinski definition) is 3. The second-order valence-electron chi connectivity index (χ2n) is 1.49. The zero-order valence-electron chi connectivity index (χ0n) is 14.5. The van der Waals surface area contributed by atoms with Crippen molar-refractivity contribution < 1.29 is 23.2 Å². The number of rotatable bonds is 2. The molecule has 54 valence electrons. The first kappa shape index (κ1) is 1.55. The number of nitrogens with one attached hydrogen (secondary N) is 1. The van der Waals surface area contributed by atoms with Gasteiger partial charge in [0.25, 0.3) is 0 Å². The van der Waals surface area contributed by atoms with E-state index in [0.29, 0.717) is 0 Å². The topological polar surface area (TPSA) is 30.5 Å². The van der Waals surface area contributed by atoms with Crippen molar-refractivity contribution in [3.05, 3.63) is 0 Å². The summed E-state index contributed by atoms with van der Waals surface area (Å²) in [6.07, 6.45) is -3.87. The molecule has 0 amide bonds. The van der Waals surface area contributed by atoms with E-state index < -0.39 is 39.3 Å². The van der Waals surface area contributed by atoms with Crippen molar-refractivity contribution >= 4 is 0 Å². The molecule has 0 aromatic rings. The molecule has 0 saturated carbocycles. The molecule has 0 aromatic carbocycles. The molecule has 3 heteroatoms. The third-order valence-electron chi connectivity index (χ3n) is 0.958. The molecular weight excluding hydrogens is 118 g/mol. The van der Waals surface area contributed by atoms with Gasteiger partial charge >= 0.3 is 0 Å². The Kier molecular flexibility index (Phi) is 0.542. The molecule has 1 heterocycles. The summed E-state index contributed by atoms with van der Waals surface area (Å²) in [5.41, 5.74) is 0. The minimum absolute atomic E-state index is 1.83. The Morgan fingerprint density at radius 2 is 2.00 bits per heavy atom. The lowest BCUT2D eigenvalue weighted by molar-refractivity contribution is -0.00461. The van der Waals surface area contributed by atoms with E-state index in [0.717, 1.165) is 0 Å². The van der Waals surface area contributed by atoms with Gasteiger partial charge in [0, 0.05) is 32.6 Å². The van der Waals surface area contributed by atoms with Crippen LogP contribution in [0.3, 0.4) is 0 Å². The lowest BCUT2D eigenvalue weighted by atomic mass is 10.3. The highest BCUT2D eigenvalue weighted by Gasteiger charge is 2.25. The van der Waals surface area contributed by atoms with Gasteiger partial charge in [-0.2, -0.15) is 0 Å². The van der Waals surface area contributed by atoms with Gasteiger partial charge in [0.2, 0.25) is 0 Å². The molecule has 1 fully saturated rings. The maximum absolute atomic E-state index is 7.49. The molecule has 1 aliphatic heterocycles. The quantitative estimate of drug-likeness (QED) is 0.568. The summed E-state index contributed by atoms with van der Waals surface area (Å²) >= 11 is 0. The van der Waals surface area contributed by atoms with Crippen LogP contribution in [0.4, 0.5) is 0 Å². The standard InChI is InChI=1S/C6H13NO2/c1-8-5-3-7-4-6(5)9-2/h5-7H,3-4H2,1-2H3/i1D3,2D3,3D2,4D2. The molecular formula is C6H13NO2. The molecule has 3 nitrogen and oxygen atoms in total. The highest BCUT2D eigenvalue weighted by molar-refractivity contribution is 4.81. The van der Waals surface area contributed by atoms with Crippen LogP contribution in [0, 0.1) is 0 Å². The first-order chi connectivity index (χ1) is 8.14. The van der Waals surface area contributed by atoms with E-state index in [4.69, 9.17) is 13.7 Å². The Hall–Kier alpha value is -0.120. The van der Waals surface area contributed by atoms with Crippen LogP contribution in [-0.2, 0) is 9.47 Å². The molecule has 2 unspecified atom stereocenters. The summed E-state index contributed by atoms with van der Waals surface area (Å²) in [6.45, 7) is -5.18. The fourth-order valence-electron chi connectivity index (χ4n) is 0.518. The largest absolute Gasteiger partial charge is 0.377 e. The van der Waals surface area contributed by atoms with Crippen LogP contribution < -0.4 is 5.32 Å². The van der Waals surface area contributed by atoms with Crippen molar-refractivity contribution in [2.24, 2.45) is 0 Å². The van der Waals surface area contributed by atoms with Crippen LogP contribution in [0.1, 0.15) is 13.7 Å². The van der Waals surface area contributed by atoms with Crippen LogP contribution in [0.15, 0.2) is 0 Å². The highest BCUT2D eigenvalue weighted by atomic mass is 16.5. The summed E-state index contributed by atoms with van der Waals surface area (Å²) in [6, 6.07) is 0. The number of ether oxygens (including phenoxy) is 2. The van der Waals surface area contributed by atoms with Gasteiger partial charge in [-0.25, -0.2) is 0 Å². The van der Waals surface area contributed by atoms with Crippen LogP contribution in [0.5, 0.6) is 0 Å². The normalized spacial score (nSPS) is 65.8. The van der Waals surface area contributed by atoms with Gasteiger partial charge in [-0.3, -0.25) is 0 Å². The second kappa shape index (κ2) is 3.15. The molecule has 0 radical (unpaired) electrons. The predicted molar refractivity (Wildman–Crippen MR) is 34.5 cm³/mol. The Morgan fingerprint density at radius 3 is 2.44 bits per heavy atom. The summed E-state index contributed by atoms with van der Waals surface area (Å²) in [7, 11) is -6.03. The minimum Gasteiger partial charge on any atom is -0.377 e. The van der Waals surface area contributed by atoms with E-state index in [1.165, 1.54) is 0 Å².